The summed E-state index contributed by atoms with van der Waals surface area (Å²) in [5.74, 6) is -1.52. The van der Waals surface area contributed by atoms with Gasteiger partial charge in [-0.1, -0.05) is 19.3 Å². The van der Waals surface area contributed by atoms with Gasteiger partial charge in [-0.05, 0) is 12.8 Å². The predicted molar refractivity (Wildman–Crippen MR) is 54.8 cm³/mol. The largest absolute Gasteiger partial charge is 0.481 e. The molecule has 0 unspecified atom stereocenters. The van der Waals surface area contributed by atoms with Gasteiger partial charge in [-0.15, -0.1) is 12.4 Å². The zero-order valence-corrected chi connectivity index (χ0v) is 8.89. The van der Waals surface area contributed by atoms with Crippen molar-refractivity contribution in [3.05, 3.63) is 0 Å². The van der Waals surface area contributed by atoms with Crippen molar-refractivity contribution in [3.63, 3.8) is 0 Å². The molecule has 0 radical (unpaired) electrons. The van der Waals surface area contributed by atoms with E-state index in [9.17, 15) is 9.59 Å². The van der Waals surface area contributed by atoms with Crippen LogP contribution in [0.25, 0.3) is 0 Å². The van der Waals surface area contributed by atoms with Crippen molar-refractivity contribution in [1.82, 2.24) is 0 Å². The third-order valence-electron chi connectivity index (χ3n) is 1.78. The minimum absolute atomic E-state index is 0. The normalized spacial score (nSPS) is 9.14. The summed E-state index contributed by atoms with van der Waals surface area (Å²) in [5, 5.41) is 16.6. The highest BCUT2D eigenvalue weighted by Gasteiger charge is 1.98. The van der Waals surface area contributed by atoms with Crippen molar-refractivity contribution in [3.8, 4) is 0 Å². The number of carbonyl (C=O) groups is 2. The Morgan fingerprint density at radius 3 is 1.29 bits per heavy atom. The lowest BCUT2D eigenvalue weighted by molar-refractivity contribution is -0.138. The van der Waals surface area contributed by atoms with Crippen LogP contribution in [0, 0.1) is 0 Å². The Hall–Kier alpha value is -0.770. The van der Waals surface area contributed by atoms with Gasteiger partial charge in [0.15, 0.2) is 0 Å². The van der Waals surface area contributed by atoms with Gasteiger partial charge in [0, 0.05) is 12.8 Å². The third kappa shape index (κ3) is 13.8. The lowest BCUT2D eigenvalue weighted by Gasteiger charge is -1.97. The number of hydrogen-bond donors (Lipinski definition) is 2. The van der Waals surface area contributed by atoms with Crippen LogP contribution in [-0.4, -0.2) is 22.2 Å². The fourth-order valence-electron chi connectivity index (χ4n) is 1.08. The van der Waals surface area contributed by atoms with Gasteiger partial charge in [0.1, 0.15) is 0 Å². The zero-order chi connectivity index (χ0) is 10.1. The van der Waals surface area contributed by atoms with E-state index in [0.717, 1.165) is 19.3 Å². The van der Waals surface area contributed by atoms with E-state index in [-0.39, 0.29) is 25.2 Å². The summed E-state index contributed by atoms with van der Waals surface area (Å²) in [6, 6.07) is 0. The van der Waals surface area contributed by atoms with Crippen molar-refractivity contribution >= 4 is 24.3 Å². The first-order chi connectivity index (χ1) is 6.13. The lowest BCUT2D eigenvalue weighted by atomic mass is 10.1. The maximum Gasteiger partial charge on any atom is 0.303 e. The molecular formula is C9H17ClO4. The van der Waals surface area contributed by atoms with Crippen LogP contribution < -0.4 is 0 Å². The van der Waals surface area contributed by atoms with Crippen molar-refractivity contribution in [2.45, 2.75) is 44.9 Å². The van der Waals surface area contributed by atoms with Crippen LogP contribution in [0.2, 0.25) is 0 Å². The van der Waals surface area contributed by atoms with Gasteiger partial charge in [0.2, 0.25) is 0 Å². The maximum absolute atomic E-state index is 10.1. The fraction of sp³-hybridized carbons (Fsp3) is 0.778. The summed E-state index contributed by atoms with van der Waals surface area (Å²) in [4.78, 5) is 20.2. The van der Waals surface area contributed by atoms with Crippen LogP contribution in [0.1, 0.15) is 44.9 Å². The van der Waals surface area contributed by atoms with E-state index >= 15 is 0 Å². The number of rotatable bonds is 8. The standard InChI is InChI=1S/C9H16O4.ClH/c10-8(11)6-4-2-1-3-5-7-9(12)13;/h1-7H2,(H,10,11)(H,12,13);1H. The van der Waals surface area contributed by atoms with Gasteiger partial charge in [0.25, 0.3) is 0 Å². The number of carboxylic acid groups (broad SMARTS) is 2. The van der Waals surface area contributed by atoms with Crippen molar-refractivity contribution in [2.75, 3.05) is 0 Å². The van der Waals surface area contributed by atoms with E-state index < -0.39 is 11.9 Å². The molecule has 5 heteroatoms. The van der Waals surface area contributed by atoms with Gasteiger partial charge < -0.3 is 10.2 Å². The molecule has 0 aromatic rings. The number of unbranched alkanes of at least 4 members (excludes halogenated alkanes) is 4. The van der Waals surface area contributed by atoms with Crippen molar-refractivity contribution < 1.29 is 19.8 Å². The second-order valence-electron chi connectivity index (χ2n) is 3.06. The molecule has 0 aromatic heterocycles. The van der Waals surface area contributed by atoms with Gasteiger partial charge in [-0.3, -0.25) is 9.59 Å². The molecule has 14 heavy (non-hydrogen) atoms. The van der Waals surface area contributed by atoms with Crippen molar-refractivity contribution in [2.24, 2.45) is 0 Å². The number of aliphatic carboxylic acids is 2. The summed E-state index contributed by atoms with van der Waals surface area (Å²) in [7, 11) is 0. The number of halogens is 1. The molecule has 0 saturated carbocycles. The summed E-state index contributed by atoms with van der Waals surface area (Å²) in [6.07, 6.45) is 4.53. The second-order valence-corrected chi connectivity index (χ2v) is 3.06. The minimum atomic E-state index is -0.759. The average molecular weight is 225 g/mol. The second kappa shape index (κ2) is 10.3. The monoisotopic (exact) mass is 224 g/mol. The number of hydrogen-bond acceptors (Lipinski definition) is 2. The van der Waals surface area contributed by atoms with Crippen LogP contribution in [-0.2, 0) is 9.59 Å². The molecule has 0 spiro atoms. The molecule has 4 nitrogen and oxygen atoms in total. The maximum atomic E-state index is 10.1. The Morgan fingerprint density at radius 2 is 1.00 bits per heavy atom. The Bertz CT molecular complexity index is 152. The van der Waals surface area contributed by atoms with E-state index in [2.05, 4.69) is 0 Å². The fourth-order valence-corrected chi connectivity index (χ4v) is 1.08. The molecule has 0 aliphatic rings. The van der Waals surface area contributed by atoms with Crippen LogP contribution >= 0.6 is 12.4 Å². The molecule has 84 valence electrons. The molecule has 2 N–H and O–H groups in total. The molecule has 0 rings (SSSR count). The van der Waals surface area contributed by atoms with Crippen LogP contribution in [0.4, 0.5) is 0 Å². The van der Waals surface area contributed by atoms with E-state index in [1.54, 1.807) is 0 Å². The topological polar surface area (TPSA) is 74.6 Å². The highest BCUT2D eigenvalue weighted by atomic mass is 35.5. The molecular weight excluding hydrogens is 208 g/mol. The summed E-state index contributed by atoms with van der Waals surface area (Å²) >= 11 is 0. The molecule has 0 atom stereocenters. The quantitative estimate of drug-likeness (QED) is 0.621. The van der Waals surface area contributed by atoms with Crippen LogP contribution in [0.15, 0.2) is 0 Å². The molecule has 0 amide bonds. The predicted octanol–water partition coefficient (Wildman–Crippen LogP) is 2.31. The number of carboxylic acids is 2. The molecule has 0 aliphatic carbocycles. The molecule has 0 heterocycles. The lowest BCUT2D eigenvalue weighted by Crippen LogP contribution is -1.95. The minimum Gasteiger partial charge on any atom is -0.481 e. The molecule has 0 aromatic carbocycles. The molecule has 0 saturated heterocycles. The Kier molecular flexibility index (Phi) is 11.6. The molecule has 0 bridgehead atoms. The first-order valence-electron chi connectivity index (χ1n) is 4.56. The SMILES string of the molecule is Cl.O=C(O)CCCCCCCC(=O)O. The Balaban J connectivity index is 0. The van der Waals surface area contributed by atoms with Gasteiger partial charge >= 0.3 is 11.9 Å². The summed E-state index contributed by atoms with van der Waals surface area (Å²) in [5.41, 5.74) is 0. The van der Waals surface area contributed by atoms with Crippen LogP contribution in [0.5, 0.6) is 0 Å². The molecule has 0 aliphatic heterocycles. The summed E-state index contributed by atoms with van der Waals surface area (Å²) < 4.78 is 0. The van der Waals surface area contributed by atoms with E-state index in [4.69, 9.17) is 10.2 Å². The van der Waals surface area contributed by atoms with E-state index in [1.807, 2.05) is 0 Å². The third-order valence-corrected chi connectivity index (χ3v) is 1.78. The van der Waals surface area contributed by atoms with E-state index in [0.29, 0.717) is 12.8 Å². The van der Waals surface area contributed by atoms with E-state index in [1.165, 1.54) is 0 Å². The Labute approximate surface area is 89.7 Å². The van der Waals surface area contributed by atoms with Crippen LogP contribution in [0.3, 0.4) is 0 Å². The highest BCUT2D eigenvalue weighted by molar-refractivity contribution is 5.85. The molecule has 0 fully saturated rings. The van der Waals surface area contributed by atoms with Gasteiger partial charge in [0.05, 0.1) is 0 Å². The summed E-state index contributed by atoms with van der Waals surface area (Å²) in [6.45, 7) is 0. The zero-order valence-electron chi connectivity index (χ0n) is 8.07. The first kappa shape index (κ1) is 15.7. The Morgan fingerprint density at radius 1 is 0.714 bits per heavy atom. The van der Waals surface area contributed by atoms with Gasteiger partial charge in [-0.2, -0.15) is 0 Å². The van der Waals surface area contributed by atoms with Crippen molar-refractivity contribution in [1.29, 1.82) is 0 Å². The smallest absolute Gasteiger partial charge is 0.303 e. The first-order valence-corrected chi connectivity index (χ1v) is 4.56. The van der Waals surface area contributed by atoms with Gasteiger partial charge in [-0.25, -0.2) is 0 Å². The highest BCUT2D eigenvalue weighted by Crippen LogP contribution is 2.06. The average Bonchev–Trinajstić information content (AvgIpc) is 2.01.